The first-order valence-corrected chi connectivity index (χ1v) is 11.7. The average Bonchev–Trinajstić information content (AvgIpc) is 3.69. The van der Waals surface area contributed by atoms with E-state index in [1.165, 1.54) is 17.5 Å². The van der Waals surface area contributed by atoms with Gasteiger partial charge in [-0.3, -0.25) is 0 Å². The SMILES string of the molecule is CC1(n2c(-c3ccc(-c4cccc5c4oc4ccccc45)cc3)nc3ccccc32)C2CC21. The lowest BCUT2D eigenvalue weighted by Crippen LogP contribution is -2.22. The third kappa shape index (κ3) is 2.27. The summed E-state index contributed by atoms with van der Waals surface area (Å²) in [6.45, 7) is 2.40. The van der Waals surface area contributed by atoms with Crippen LogP contribution in [0.15, 0.2) is 95.4 Å². The molecule has 0 N–H and O–H groups in total. The van der Waals surface area contributed by atoms with Gasteiger partial charge >= 0.3 is 0 Å². The summed E-state index contributed by atoms with van der Waals surface area (Å²) in [5.41, 5.74) is 7.88. The van der Waals surface area contributed by atoms with Crippen molar-refractivity contribution in [3.63, 3.8) is 0 Å². The molecule has 6 aromatic rings. The maximum Gasteiger partial charge on any atom is 0.143 e. The molecule has 2 atom stereocenters. The van der Waals surface area contributed by atoms with Gasteiger partial charge in [-0.25, -0.2) is 4.98 Å². The van der Waals surface area contributed by atoms with Crippen molar-refractivity contribution in [2.24, 2.45) is 11.8 Å². The van der Waals surface area contributed by atoms with Crippen molar-refractivity contribution in [1.82, 2.24) is 9.55 Å². The van der Waals surface area contributed by atoms with Crippen LogP contribution in [0.5, 0.6) is 0 Å². The highest BCUT2D eigenvalue weighted by molar-refractivity contribution is 6.09. The Labute approximate surface area is 191 Å². The van der Waals surface area contributed by atoms with Gasteiger partial charge in [0.25, 0.3) is 0 Å². The van der Waals surface area contributed by atoms with Crippen LogP contribution in [0.3, 0.4) is 0 Å². The van der Waals surface area contributed by atoms with Crippen molar-refractivity contribution in [2.75, 3.05) is 0 Å². The van der Waals surface area contributed by atoms with Gasteiger partial charge < -0.3 is 8.98 Å². The molecule has 0 radical (unpaired) electrons. The van der Waals surface area contributed by atoms with Crippen molar-refractivity contribution < 1.29 is 4.42 Å². The van der Waals surface area contributed by atoms with Crippen molar-refractivity contribution in [3.8, 4) is 22.5 Å². The van der Waals surface area contributed by atoms with Gasteiger partial charge in [-0.05, 0) is 48.9 Å². The van der Waals surface area contributed by atoms with E-state index in [4.69, 9.17) is 9.40 Å². The van der Waals surface area contributed by atoms with Crippen LogP contribution in [0.2, 0.25) is 0 Å². The minimum Gasteiger partial charge on any atom is -0.455 e. The van der Waals surface area contributed by atoms with Crippen molar-refractivity contribution in [3.05, 3.63) is 91.0 Å². The quantitative estimate of drug-likeness (QED) is 0.291. The Hall–Kier alpha value is -3.85. The van der Waals surface area contributed by atoms with Gasteiger partial charge in [0.05, 0.1) is 16.6 Å². The number of para-hydroxylation sites is 4. The van der Waals surface area contributed by atoms with Gasteiger partial charge in [0, 0.05) is 21.9 Å². The Bertz CT molecular complexity index is 1710. The number of rotatable bonds is 3. The largest absolute Gasteiger partial charge is 0.455 e. The maximum absolute atomic E-state index is 6.27. The zero-order chi connectivity index (χ0) is 21.7. The Morgan fingerprint density at radius 1 is 0.788 bits per heavy atom. The summed E-state index contributed by atoms with van der Waals surface area (Å²) in [5.74, 6) is 2.72. The third-order valence-electron chi connectivity index (χ3n) is 8.08. The Morgan fingerprint density at radius 3 is 2.33 bits per heavy atom. The maximum atomic E-state index is 6.27. The lowest BCUT2D eigenvalue weighted by Gasteiger charge is -2.23. The van der Waals surface area contributed by atoms with Gasteiger partial charge in [0.2, 0.25) is 0 Å². The van der Waals surface area contributed by atoms with Gasteiger partial charge in [0.15, 0.2) is 0 Å². The second kappa shape index (κ2) is 5.93. The number of benzene rings is 4. The zero-order valence-electron chi connectivity index (χ0n) is 18.3. The molecule has 3 heteroatoms. The summed E-state index contributed by atoms with van der Waals surface area (Å²) in [5, 5.41) is 2.32. The van der Waals surface area contributed by atoms with Gasteiger partial charge in [-0.2, -0.15) is 0 Å². The van der Waals surface area contributed by atoms with Gasteiger partial charge in [-0.15, -0.1) is 0 Å². The number of fused-ring (bicyclic) bond motifs is 5. The molecule has 2 saturated carbocycles. The highest BCUT2D eigenvalue weighted by Crippen LogP contribution is 2.76. The van der Waals surface area contributed by atoms with E-state index in [1.54, 1.807) is 0 Å². The second-order valence-corrected chi connectivity index (χ2v) is 9.79. The summed E-state index contributed by atoms with van der Waals surface area (Å²) in [6, 6.07) is 32.0. The van der Waals surface area contributed by atoms with E-state index in [0.717, 1.165) is 56.2 Å². The molecule has 2 aromatic heterocycles. The molecule has 2 aliphatic carbocycles. The molecule has 4 aromatic carbocycles. The number of hydrogen-bond acceptors (Lipinski definition) is 2. The van der Waals surface area contributed by atoms with Gasteiger partial charge in [-0.1, -0.05) is 72.8 Å². The Morgan fingerprint density at radius 2 is 1.52 bits per heavy atom. The predicted octanol–water partition coefficient (Wildman–Crippen LogP) is 7.63. The smallest absolute Gasteiger partial charge is 0.143 e. The van der Waals surface area contributed by atoms with E-state index in [2.05, 4.69) is 90.4 Å². The van der Waals surface area contributed by atoms with Crippen LogP contribution in [0, 0.1) is 11.8 Å². The number of imidazole rings is 1. The summed E-state index contributed by atoms with van der Waals surface area (Å²) in [6.07, 6.45) is 1.36. The van der Waals surface area contributed by atoms with Crippen LogP contribution < -0.4 is 0 Å². The van der Waals surface area contributed by atoms with Crippen molar-refractivity contribution in [2.45, 2.75) is 18.9 Å². The monoisotopic (exact) mass is 426 g/mol. The standard InChI is InChI=1S/C30H22N2O/c1-30(23-17-24(23)30)32-26-11-4-3-10-25(26)31-29(32)19-15-13-18(14-16-19)20-8-6-9-22-21-7-2-5-12-27(21)33-28(20)22/h2-16,23-24H,17H2,1H3. The van der Waals surface area contributed by atoms with E-state index in [9.17, 15) is 0 Å². The number of hydrogen-bond donors (Lipinski definition) is 0. The van der Waals surface area contributed by atoms with Crippen LogP contribution >= 0.6 is 0 Å². The first-order chi connectivity index (χ1) is 16.2. The molecule has 0 bridgehead atoms. The fourth-order valence-electron chi connectivity index (χ4n) is 6.01. The predicted molar refractivity (Wildman–Crippen MR) is 133 cm³/mol. The number of nitrogens with zero attached hydrogens (tertiary/aromatic N) is 2. The summed E-state index contributed by atoms with van der Waals surface area (Å²) >= 11 is 0. The fraction of sp³-hybridized carbons (Fsp3) is 0.167. The van der Waals surface area contributed by atoms with Crippen molar-refractivity contribution >= 4 is 33.0 Å². The lowest BCUT2D eigenvalue weighted by molar-refractivity contribution is 0.408. The molecule has 33 heavy (non-hydrogen) atoms. The molecular formula is C30H22N2O. The van der Waals surface area contributed by atoms with Crippen LogP contribution in [-0.4, -0.2) is 9.55 Å². The highest BCUT2D eigenvalue weighted by atomic mass is 16.3. The molecule has 2 unspecified atom stereocenters. The lowest BCUT2D eigenvalue weighted by atomic mass is 10.0. The second-order valence-electron chi connectivity index (χ2n) is 9.79. The van der Waals surface area contributed by atoms with E-state index in [1.807, 2.05) is 12.1 Å². The molecular weight excluding hydrogens is 404 g/mol. The summed E-state index contributed by atoms with van der Waals surface area (Å²) in [7, 11) is 0. The van der Waals surface area contributed by atoms with Crippen molar-refractivity contribution in [1.29, 1.82) is 0 Å². The summed E-state index contributed by atoms with van der Waals surface area (Å²) < 4.78 is 8.78. The number of aromatic nitrogens is 2. The molecule has 8 rings (SSSR count). The Balaban J connectivity index is 1.27. The normalized spacial score (nSPS) is 23.3. The molecule has 2 fully saturated rings. The van der Waals surface area contributed by atoms with Gasteiger partial charge in [0.1, 0.15) is 17.0 Å². The topological polar surface area (TPSA) is 31.0 Å². The molecule has 0 spiro atoms. The fourth-order valence-corrected chi connectivity index (χ4v) is 6.01. The van der Waals surface area contributed by atoms with E-state index in [0.29, 0.717) is 0 Å². The molecule has 158 valence electrons. The van der Waals surface area contributed by atoms with Crippen LogP contribution in [0.25, 0.3) is 55.5 Å². The van der Waals surface area contributed by atoms with Crippen LogP contribution in [0.4, 0.5) is 0 Å². The molecule has 2 aliphatic rings. The first kappa shape index (κ1) is 17.7. The van der Waals surface area contributed by atoms with Crippen LogP contribution in [-0.2, 0) is 5.54 Å². The molecule has 0 aliphatic heterocycles. The average molecular weight is 427 g/mol. The molecule has 3 nitrogen and oxygen atoms in total. The summed E-state index contributed by atoms with van der Waals surface area (Å²) in [4.78, 5) is 5.07. The Kier molecular flexibility index (Phi) is 3.18. The zero-order valence-corrected chi connectivity index (χ0v) is 18.3. The first-order valence-electron chi connectivity index (χ1n) is 11.7. The number of furan rings is 1. The van der Waals surface area contributed by atoms with E-state index >= 15 is 0 Å². The third-order valence-corrected chi connectivity index (χ3v) is 8.08. The van der Waals surface area contributed by atoms with Crippen LogP contribution in [0.1, 0.15) is 13.3 Å². The molecule has 0 amide bonds. The molecule has 2 heterocycles. The minimum atomic E-state index is 0.226. The molecule has 0 saturated heterocycles. The minimum absolute atomic E-state index is 0.226. The van der Waals surface area contributed by atoms with E-state index < -0.39 is 0 Å². The highest BCUT2D eigenvalue weighted by Gasteiger charge is 2.75. The van der Waals surface area contributed by atoms with E-state index in [-0.39, 0.29) is 5.54 Å².